The van der Waals surface area contributed by atoms with Gasteiger partial charge in [0, 0.05) is 38.8 Å². The zero-order chi connectivity index (χ0) is 15.3. The Kier molecular flexibility index (Phi) is 5.72. The molecule has 6 nitrogen and oxygen atoms in total. The molecule has 0 aliphatic carbocycles. The van der Waals surface area contributed by atoms with Gasteiger partial charge in [-0.2, -0.15) is 8.42 Å². The Labute approximate surface area is 127 Å². The van der Waals surface area contributed by atoms with E-state index in [1.165, 1.54) is 5.56 Å². The average molecular weight is 312 g/mol. The SMILES string of the molecule is CN1CCN(CCCNS(N)(=O)=O)[C@@H](c2ccccc2)C1. The second-order valence-corrected chi connectivity index (χ2v) is 6.90. The van der Waals surface area contributed by atoms with Gasteiger partial charge in [-0.25, -0.2) is 9.86 Å². The summed E-state index contributed by atoms with van der Waals surface area (Å²) >= 11 is 0. The van der Waals surface area contributed by atoms with E-state index in [4.69, 9.17) is 5.14 Å². The number of hydrogen-bond donors (Lipinski definition) is 2. The monoisotopic (exact) mass is 312 g/mol. The van der Waals surface area contributed by atoms with Gasteiger partial charge in [0.1, 0.15) is 0 Å². The van der Waals surface area contributed by atoms with Crippen molar-refractivity contribution in [2.45, 2.75) is 12.5 Å². The second-order valence-electron chi connectivity index (χ2n) is 5.52. The maximum atomic E-state index is 10.9. The van der Waals surface area contributed by atoms with Gasteiger partial charge in [0.05, 0.1) is 0 Å². The summed E-state index contributed by atoms with van der Waals surface area (Å²) in [4.78, 5) is 4.75. The predicted molar refractivity (Wildman–Crippen MR) is 84.0 cm³/mol. The molecule has 0 spiro atoms. The molecule has 1 aromatic rings. The molecule has 1 saturated heterocycles. The van der Waals surface area contributed by atoms with Gasteiger partial charge in [-0.15, -0.1) is 0 Å². The summed E-state index contributed by atoms with van der Waals surface area (Å²) in [5.41, 5.74) is 1.31. The molecule has 7 heteroatoms. The molecule has 1 heterocycles. The molecule has 0 unspecified atom stereocenters. The molecule has 118 valence electrons. The molecular weight excluding hydrogens is 288 g/mol. The van der Waals surface area contributed by atoms with Crippen molar-refractivity contribution in [3.05, 3.63) is 35.9 Å². The fourth-order valence-corrected chi connectivity index (χ4v) is 3.14. The van der Waals surface area contributed by atoms with Crippen molar-refractivity contribution >= 4 is 10.2 Å². The highest BCUT2D eigenvalue weighted by molar-refractivity contribution is 7.87. The van der Waals surface area contributed by atoms with Crippen molar-refractivity contribution in [2.75, 3.05) is 39.8 Å². The molecule has 1 fully saturated rings. The first-order valence-electron chi connectivity index (χ1n) is 7.20. The molecule has 0 amide bonds. The van der Waals surface area contributed by atoms with Gasteiger partial charge in [-0.05, 0) is 19.0 Å². The van der Waals surface area contributed by atoms with Crippen LogP contribution in [0.4, 0.5) is 0 Å². The second kappa shape index (κ2) is 7.33. The lowest BCUT2D eigenvalue weighted by Gasteiger charge is -2.40. The van der Waals surface area contributed by atoms with Crippen molar-refractivity contribution in [3.63, 3.8) is 0 Å². The topological polar surface area (TPSA) is 78.7 Å². The van der Waals surface area contributed by atoms with Crippen LogP contribution >= 0.6 is 0 Å². The van der Waals surface area contributed by atoms with Crippen LogP contribution in [0.3, 0.4) is 0 Å². The zero-order valence-corrected chi connectivity index (χ0v) is 13.2. The van der Waals surface area contributed by atoms with Crippen molar-refractivity contribution in [1.82, 2.24) is 14.5 Å². The smallest absolute Gasteiger partial charge is 0.274 e. The van der Waals surface area contributed by atoms with E-state index < -0.39 is 10.2 Å². The molecule has 0 bridgehead atoms. The number of piperazine rings is 1. The Morgan fingerprint density at radius 3 is 2.67 bits per heavy atom. The van der Waals surface area contributed by atoms with E-state index in [-0.39, 0.29) is 0 Å². The number of hydrogen-bond acceptors (Lipinski definition) is 4. The zero-order valence-electron chi connectivity index (χ0n) is 12.4. The summed E-state index contributed by atoms with van der Waals surface area (Å²) < 4.78 is 24.1. The van der Waals surface area contributed by atoms with E-state index in [1.807, 2.05) is 6.07 Å². The number of nitrogens with zero attached hydrogens (tertiary/aromatic N) is 2. The maximum Gasteiger partial charge on any atom is 0.274 e. The Bertz CT molecular complexity index is 535. The van der Waals surface area contributed by atoms with Crippen LogP contribution in [0.1, 0.15) is 18.0 Å². The molecule has 0 radical (unpaired) electrons. The third-order valence-corrected chi connectivity index (χ3v) is 4.41. The van der Waals surface area contributed by atoms with E-state index in [0.29, 0.717) is 12.6 Å². The highest BCUT2D eigenvalue weighted by Gasteiger charge is 2.25. The van der Waals surface area contributed by atoms with Crippen LogP contribution in [0, 0.1) is 0 Å². The van der Waals surface area contributed by atoms with Gasteiger partial charge in [0.25, 0.3) is 10.2 Å². The first-order chi connectivity index (χ1) is 9.96. The molecular formula is C14H24N4O2S. The average Bonchev–Trinajstić information content (AvgIpc) is 2.45. The molecule has 1 aliphatic rings. The molecule has 3 N–H and O–H groups in total. The standard InChI is InChI=1S/C14H24N4O2S/c1-17-10-11-18(9-5-8-16-21(15,19)20)14(12-17)13-6-3-2-4-7-13/h2-4,6-7,14,16H,5,8-12H2,1H3,(H2,15,19,20)/t14-/m1/s1. The molecule has 2 rings (SSSR count). The minimum Gasteiger partial charge on any atom is -0.303 e. The van der Waals surface area contributed by atoms with Gasteiger partial charge < -0.3 is 4.90 Å². The largest absolute Gasteiger partial charge is 0.303 e. The molecule has 1 aromatic carbocycles. The molecule has 1 atom stereocenters. The van der Waals surface area contributed by atoms with E-state index in [9.17, 15) is 8.42 Å². The van der Waals surface area contributed by atoms with Crippen LogP contribution in [0.5, 0.6) is 0 Å². The van der Waals surface area contributed by atoms with Crippen LogP contribution in [-0.4, -0.2) is 58.0 Å². The van der Waals surface area contributed by atoms with Crippen LogP contribution in [0.2, 0.25) is 0 Å². The third-order valence-electron chi connectivity index (χ3n) is 3.80. The molecule has 21 heavy (non-hydrogen) atoms. The summed E-state index contributed by atoms with van der Waals surface area (Å²) in [6, 6.07) is 10.8. The summed E-state index contributed by atoms with van der Waals surface area (Å²) in [5.74, 6) is 0. The number of likely N-dealkylation sites (N-methyl/N-ethyl adjacent to an activating group) is 1. The van der Waals surface area contributed by atoms with Crippen molar-refractivity contribution in [2.24, 2.45) is 5.14 Å². The van der Waals surface area contributed by atoms with Gasteiger partial charge in [0.2, 0.25) is 0 Å². The quantitative estimate of drug-likeness (QED) is 0.733. The van der Waals surface area contributed by atoms with Gasteiger partial charge in [0.15, 0.2) is 0 Å². The first kappa shape index (κ1) is 16.4. The Balaban J connectivity index is 1.93. The van der Waals surface area contributed by atoms with Crippen molar-refractivity contribution in [3.8, 4) is 0 Å². The van der Waals surface area contributed by atoms with Gasteiger partial charge >= 0.3 is 0 Å². The van der Waals surface area contributed by atoms with Crippen molar-refractivity contribution < 1.29 is 8.42 Å². The normalized spacial score (nSPS) is 21.5. The fraction of sp³-hybridized carbons (Fsp3) is 0.571. The Hall–Kier alpha value is -0.990. The Morgan fingerprint density at radius 2 is 2.00 bits per heavy atom. The fourth-order valence-electron chi connectivity index (χ4n) is 2.71. The van der Waals surface area contributed by atoms with E-state index in [2.05, 4.69) is 45.8 Å². The number of nitrogens with two attached hydrogens (primary N) is 1. The lowest BCUT2D eigenvalue weighted by atomic mass is 10.0. The lowest BCUT2D eigenvalue weighted by molar-refractivity contribution is 0.0892. The number of benzene rings is 1. The minimum absolute atomic E-state index is 0.361. The number of rotatable bonds is 6. The van der Waals surface area contributed by atoms with Crippen LogP contribution in [0.15, 0.2) is 30.3 Å². The summed E-state index contributed by atoms with van der Waals surface area (Å²) in [6.07, 6.45) is 0.753. The van der Waals surface area contributed by atoms with Gasteiger partial charge in [-0.3, -0.25) is 4.90 Å². The van der Waals surface area contributed by atoms with Crippen molar-refractivity contribution in [1.29, 1.82) is 0 Å². The minimum atomic E-state index is -3.58. The summed E-state index contributed by atoms with van der Waals surface area (Å²) in [5, 5.41) is 4.93. The molecule has 1 aliphatic heterocycles. The summed E-state index contributed by atoms with van der Waals surface area (Å²) in [7, 11) is -1.44. The maximum absolute atomic E-state index is 10.9. The first-order valence-corrected chi connectivity index (χ1v) is 8.75. The van der Waals surface area contributed by atoms with E-state index in [0.717, 1.165) is 32.6 Å². The van der Waals surface area contributed by atoms with Crippen LogP contribution in [-0.2, 0) is 10.2 Å². The number of nitrogens with one attached hydrogen (secondary N) is 1. The third kappa shape index (κ3) is 5.37. The highest BCUT2D eigenvalue weighted by atomic mass is 32.2. The lowest BCUT2D eigenvalue weighted by Crippen LogP contribution is -2.47. The highest BCUT2D eigenvalue weighted by Crippen LogP contribution is 2.24. The van der Waals surface area contributed by atoms with E-state index >= 15 is 0 Å². The summed E-state index contributed by atoms with van der Waals surface area (Å²) in [6.45, 7) is 4.26. The predicted octanol–water partition coefficient (Wildman–Crippen LogP) is 0.158. The van der Waals surface area contributed by atoms with Crippen LogP contribution in [0.25, 0.3) is 0 Å². The molecule has 0 aromatic heterocycles. The molecule has 0 saturated carbocycles. The van der Waals surface area contributed by atoms with Crippen LogP contribution < -0.4 is 9.86 Å². The Morgan fingerprint density at radius 1 is 1.29 bits per heavy atom. The van der Waals surface area contributed by atoms with Gasteiger partial charge in [-0.1, -0.05) is 30.3 Å². The van der Waals surface area contributed by atoms with E-state index in [1.54, 1.807) is 0 Å².